The largest absolute Gasteiger partial charge is 0.456 e. The number of hydrogen-bond donors (Lipinski definition) is 1. The summed E-state index contributed by atoms with van der Waals surface area (Å²) in [5, 5.41) is 2.50. The summed E-state index contributed by atoms with van der Waals surface area (Å²) in [6, 6.07) is 14.6. The van der Waals surface area contributed by atoms with Gasteiger partial charge in [0.15, 0.2) is 0 Å². The minimum atomic E-state index is -4.62. The number of alkyl halides is 3. The summed E-state index contributed by atoms with van der Waals surface area (Å²) in [7, 11) is 0. The lowest BCUT2D eigenvalue weighted by molar-refractivity contribution is -0.137. The van der Waals surface area contributed by atoms with Gasteiger partial charge in [0.1, 0.15) is 22.9 Å². The van der Waals surface area contributed by atoms with E-state index in [1.165, 1.54) is 24.6 Å². The molecule has 0 saturated heterocycles. The number of benzene rings is 2. The molecular weight excluding hydrogens is 531 g/mol. The number of fused-ring (bicyclic) bond motifs is 1. The molecule has 0 unspecified atom stereocenters. The normalized spacial score (nSPS) is 12.3. The fraction of sp³-hybridized carbons (Fsp3) is 0.344. The zero-order valence-electron chi connectivity index (χ0n) is 24.4. The van der Waals surface area contributed by atoms with Crippen LogP contribution < -0.4 is 10.1 Å². The molecule has 5 rings (SSSR count). The third-order valence-corrected chi connectivity index (χ3v) is 6.03. The van der Waals surface area contributed by atoms with Gasteiger partial charge < -0.3 is 14.5 Å². The molecule has 1 N–H and O–H groups in total. The van der Waals surface area contributed by atoms with Gasteiger partial charge in [0.2, 0.25) is 0 Å². The number of hydrogen-bond acceptors (Lipinski definition) is 4. The lowest BCUT2D eigenvalue weighted by Crippen LogP contribution is -2.18. The van der Waals surface area contributed by atoms with Crippen LogP contribution in [0.15, 0.2) is 73.1 Å². The molecule has 0 bridgehead atoms. The van der Waals surface area contributed by atoms with Gasteiger partial charge in [-0.05, 0) is 63.1 Å². The molecule has 4 aromatic rings. The summed E-state index contributed by atoms with van der Waals surface area (Å²) in [4.78, 5) is 27.2. The van der Waals surface area contributed by atoms with Crippen molar-refractivity contribution in [2.75, 3.05) is 5.32 Å². The maximum Gasteiger partial charge on any atom is 0.417 e. The highest BCUT2D eigenvalue weighted by atomic mass is 19.4. The Balaban J connectivity index is 0.000000456. The zero-order valence-corrected chi connectivity index (χ0v) is 24.4. The third kappa shape index (κ3) is 9.48. The number of imidazole rings is 1. The Hall–Kier alpha value is -4.14. The molecule has 2 aromatic heterocycles. The van der Waals surface area contributed by atoms with Crippen LogP contribution in [0, 0.1) is 12.8 Å². The molecule has 1 aliphatic carbocycles. The minimum Gasteiger partial charge on any atom is -0.456 e. The predicted molar refractivity (Wildman–Crippen MR) is 157 cm³/mol. The predicted octanol–water partition coefficient (Wildman–Crippen LogP) is 9.13. The highest BCUT2D eigenvalue weighted by Crippen LogP contribution is 2.32. The number of nitrogens with zero attached hydrogens (tertiary/aromatic N) is 2. The molecule has 2 heterocycles. The van der Waals surface area contributed by atoms with E-state index in [2.05, 4.69) is 10.3 Å². The number of aromatic nitrogens is 2. The second-order valence-corrected chi connectivity index (χ2v) is 8.88. The summed E-state index contributed by atoms with van der Waals surface area (Å²) in [5.41, 5.74) is 0.533. The molecule has 1 fully saturated rings. The van der Waals surface area contributed by atoms with Crippen molar-refractivity contribution in [1.29, 1.82) is 0 Å². The van der Waals surface area contributed by atoms with Crippen LogP contribution in [0.1, 0.15) is 75.5 Å². The summed E-state index contributed by atoms with van der Waals surface area (Å²) in [5.74, 6) is 0.945. The van der Waals surface area contributed by atoms with E-state index in [4.69, 9.17) is 4.74 Å². The minimum absolute atomic E-state index is 0.314. The average molecular weight is 570 g/mol. The van der Waals surface area contributed by atoms with Gasteiger partial charge in [0.05, 0.1) is 23.0 Å². The second kappa shape index (κ2) is 15.6. The van der Waals surface area contributed by atoms with Gasteiger partial charge in [-0.1, -0.05) is 52.3 Å². The molecule has 1 aliphatic rings. The lowest BCUT2D eigenvalue weighted by atomic mass is 9.83. The zero-order chi connectivity index (χ0) is 30.6. The van der Waals surface area contributed by atoms with Crippen LogP contribution in [0.4, 0.5) is 18.9 Å². The summed E-state index contributed by atoms with van der Waals surface area (Å²) < 4.78 is 47.1. The molecule has 1 saturated carbocycles. The average Bonchev–Trinajstić information content (AvgIpc) is 3.29. The highest BCUT2D eigenvalue weighted by molar-refractivity contribution is 6.05. The smallest absolute Gasteiger partial charge is 0.417 e. The quantitative estimate of drug-likeness (QED) is 0.260. The number of Topliss-reactive ketones (excluding diaryl/α,β-unsaturated/α-hetero) is 1. The molecule has 41 heavy (non-hydrogen) atoms. The van der Waals surface area contributed by atoms with Crippen molar-refractivity contribution in [2.24, 2.45) is 5.92 Å². The standard InChI is InChI=1S/C22H16F3N3O2.C6H10O.2C2H6/c1-14-12-28-13-17(9-10-20(28)26-14)30-16-6-4-5-15(11-16)27-21(29)18-7-2-3-8-19(18)22(23,24)25;1-5(7)6-3-2-4-6;2*1-2/h2-13H,1H3,(H,27,29);6H,2-4H2,1H3;2*1-2H3. The Kier molecular flexibility index (Phi) is 12.6. The first-order chi connectivity index (χ1) is 19.6. The lowest BCUT2D eigenvalue weighted by Gasteiger charge is -2.21. The number of carbonyl (C=O) groups excluding carboxylic acids is 2. The van der Waals surface area contributed by atoms with Gasteiger partial charge in [0, 0.05) is 23.9 Å². The Morgan fingerprint density at radius 2 is 1.61 bits per heavy atom. The number of amides is 1. The Bertz CT molecular complexity index is 1430. The van der Waals surface area contributed by atoms with Gasteiger partial charge in [0.25, 0.3) is 5.91 Å². The maximum absolute atomic E-state index is 13.2. The molecule has 9 heteroatoms. The molecule has 0 aliphatic heterocycles. The topological polar surface area (TPSA) is 72.7 Å². The Labute approximate surface area is 239 Å². The first-order valence-corrected chi connectivity index (χ1v) is 13.8. The van der Waals surface area contributed by atoms with Gasteiger partial charge in [-0.2, -0.15) is 13.2 Å². The Morgan fingerprint density at radius 3 is 2.20 bits per heavy atom. The maximum atomic E-state index is 13.2. The number of pyridine rings is 1. The molecule has 6 nitrogen and oxygen atoms in total. The molecule has 0 atom stereocenters. The van der Waals surface area contributed by atoms with Crippen LogP contribution >= 0.6 is 0 Å². The molecule has 220 valence electrons. The first-order valence-electron chi connectivity index (χ1n) is 13.8. The number of ketones is 1. The SMILES string of the molecule is CC.CC.CC(=O)C1CCC1.Cc1cn2cc(Oc3cccc(NC(=O)c4ccccc4C(F)(F)F)c3)ccc2n1. The van der Waals surface area contributed by atoms with E-state index in [1.807, 2.05) is 51.3 Å². The summed E-state index contributed by atoms with van der Waals surface area (Å²) in [6.07, 6.45) is 2.56. The van der Waals surface area contributed by atoms with Crippen molar-refractivity contribution in [2.45, 2.75) is 67.0 Å². The number of carbonyl (C=O) groups is 2. The van der Waals surface area contributed by atoms with E-state index >= 15 is 0 Å². The van der Waals surface area contributed by atoms with Crippen LogP contribution in [0.25, 0.3) is 5.65 Å². The van der Waals surface area contributed by atoms with Gasteiger partial charge >= 0.3 is 6.18 Å². The van der Waals surface area contributed by atoms with Gasteiger partial charge in [-0.3, -0.25) is 9.59 Å². The van der Waals surface area contributed by atoms with Crippen LogP contribution in [-0.4, -0.2) is 21.1 Å². The molecule has 1 amide bonds. The third-order valence-electron chi connectivity index (χ3n) is 6.03. The number of anilines is 1. The molecule has 2 aromatic carbocycles. The van der Waals surface area contributed by atoms with E-state index in [9.17, 15) is 22.8 Å². The van der Waals surface area contributed by atoms with Crippen molar-refractivity contribution in [1.82, 2.24) is 9.38 Å². The number of aryl methyl sites for hydroxylation is 1. The highest BCUT2D eigenvalue weighted by Gasteiger charge is 2.34. The van der Waals surface area contributed by atoms with E-state index in [-0.39, 0.29) is 0 Å². The number of ether oxygens (including phenoxy) is 1. The van der Waals surface area contributed by atoms with Gasteiger partial charge in [-0.15, -0.1) is 0 Å². The number of nitrogens with one attached hydrogen (secondary N) is 1. The van der Waals surface area contributed by atoms with Crippen molar-refractivity contribution >= 4 is 23.0 Å². The van der Waals surface area contributed by atoms with Gasteiger partial charge in [-0.25, -0.2) is 4.98 Å². The molecule has 0 radical (unpaired) electrons. The molecular formula is C32H38F3N3O3. The van der Waals surface area contributed by atoms with Crippen LogP contribution in [0.5, 0.6) is 11.5 Å². The van der Waals surface area contributed by atoms with Crippen molar-refractivity contribution in [3.05, 3.63) is 89.9 Å². The van der Waals surface area contributed by atoms with Crippen molar-refractivity contribution in [3.63, 3.8) is 0 Å². The first kappa shape index (κ1) is 33.1. The summed E-state index contributed by atoms with van der Waals surface area (Å²) in [6.45, 7) is 11.6. The fourth-order valence-electron chi connectivity index (χ4n) is 3.87. The van der Waals surface area contributed by atoms with Crippen LogP contribution in [0.2, 0.25) is 0 Å². The number of rotatable bonds is 5. The summed E-state index contributed by atoms with van der Waals surface area (Å²) >= 11 is 0. The van der Waals surface area contributed by atoms with E-state index in [1.54, 1.807) is 37.4 Å². The second-order valence-electron chi connectivity index (χ2n) is 8.88. The van der Waals surface area contributed by atoms with E-state index in [0.29, 0.717) is 28.9 Å². The van der Waals surface area contributed by atoms with Crippen LogP contribution in [-0.2, 0) is 11.0 Å². The van der Waals surface area contributed by atoms with E-state index in [0.717, 1.165) is 36.3 Å². The van der Waals surface area contributed by atoms with Crippen molar-refractivity contribution in [3.8, 4) is 11.5 Å². The monoisotopic (exact) mass is 569 g/mol. The van der Waals surface area contributed by atoms with Crippen molar-refractivity contribution < 1.29 is 27.5 Å². The molecule has 0 spiro atoms. The van der Waals surface area contributed by atoms with E-state index < -0.39 is 23.2 Å². The Morgan fingerprint density at radius 1 is 0.927 bits per heavy atom. The van der Waals surface area contributed by atoms with Crippen LogP contribution in [0.3, 0.4) is 0 Å². The number of halogens is 3. The fourth-order valence-corrected chi connectivity index (χ4v) is 3.87.